The van der Waals surface area contributed by atoms with Gasteiger partial charge in [-0.1, -0.05) is 0 Å². The molecular weight excluding hydrogens is 298 g/mol. The van der Waals surface area contributed by atoms with Crippen LogP contribution in [-0.2, 0) is 0 Å². The number of hydrazone groups is 1. The molecule has 0 heterocycles. The summed E-state index contributed by atoms with van der Waals surface area (Å²) >= 11 is 0. The third-order valence-corrected chi connectivity index (χ3v) is 2.97. The molecule has 0 amide bonds. The molecule has 0 aliphatic heterocycles. The van der Waals surface area contributed by atoms with Crippen LogP contribution in [0.5, 0.6) is 11.5 Å². The number of methoxy groups -OCH3 is 1. The molecular formula is C16H17N3O4. The lowest BCUT2D eigenvalue weighted by molar-refractivity contribution is -0.384. The molecule has 0 radical (unpaired) electrons. The average Bonchev–Trinajstić information content (AvgIpc) is 2.56. The monoisotopic (exact) mass is 315 g/mol. The Bertz CT molecular complexity index is 699. The lowest BCUT2D eigenvalue weighted by Gasteiger charge is -2.09. The summed E-state index contributed by atoms with van der Waals surface area (Å²) in [6.07, 6.45) is 1.63. The Morgan fingerprint density at radius 2 is 1.96 bits per heavy atom. The summed E-state index contributed by atoms with van der Waals surface area (Å²) in [4.78, 5) is 10.1. The molecule has 0 aliphatic carbocycles. The number of ether oxygens (including phenoxy) is 2. The molecule has 0 unspecified atom stereocenters. The number of non-ortho nitro benzene ring substituents is 1. The van der Waals surface area contributed by atoms with Crippen LogP contribution in [0, 0.1) is 10.1 Å². The third-order valence-electron chi connectivity index (χ3n) is 2.97. The van der Waals surface area contributed by atoms with Crippen LogP contribution in [0.4, 0.5) is 11.4 Å². The zero-order valence-corrected chi connectivity index (χ0v) is 12.9. The maximum Gasteiger partial charge on any atom is 0.269 e. The largest absolute Gasteiger partial charge is 0.493 e. The van der Waals surface area contributed by atoms with Gasteiger partial charge in [-0.05, 0) is 42.8 Å². The molecule has 1 N–H and O–H groups in total. The molecule has 0 saturated carbocycles. The van der Waals surface area contributed by atoms with Crippen molar-refractivity contribution in [3.63, 3.8) is 0 Å². The fourth-order valence-electron chi connectivity index (χ4n) is 1.88. The number of hydrogen-bond donors (Lipinski definition) is 1. The zero-order chi connectivity index (χ0) is 16.7. The first-order valence-electron chi connectivity index (χ1n) is 6.98. The van der Waals surface area contributed by atoms with E-state index in [-0.39, 0.29) is 5.69 Å². The molecule has 0 fully saturated rings. The lowest BCUT2D eigenvalue weighted by atomic mass is 10.2. The van der Waals surface area contributed by atoms with E-state index in [0.717, 1.165) is 5.56 Å². The topological polar surface area (TPSA) is 86.0 Å². The second kappa shape index (κ2) is 7.79. The number of nitrogens with one attached hydrogen (secondary N) is 1. The molecule has 0 aliphatic rings. The minimum Gasteiger partial charge on any atom is -0.493 e. The molecule has 23 heavy (non-hydrogen) atoms. The molecule has 7 heteroatoms. The van der Waals surface area contributed by atoms with Gasteiger partial charge in [0, 0.05) is 12.1 Å². The third kappa shape index (κ3) is 4.44. The van der Waals surface area contributed by atoms with Crippen molar-refractivity contribution in [3.8, 4) is 11.5 Å². The zero-order valence-electron chi connectivity index (χ0n) is 12.9. The molecule has 2 aromatic rings. The number of benzene rings is 2. The Balaban J connectivity index is 2.05. The van der Waals surface area contributed by atoms with Gasteiger partial charge in [0.15, 0.2) is 11.5 Å². The van der Waals surface area contributed by atoms with Crippen LogP contribution in [0.3, 0.4) is 0 Å². The van der Waals surface area contributed by atoms with Crippen molar-refractivity contribution in [2.45, 2.75) is 6.92 Å². The first kappa shape index (κ1) is 16.3. The molecule has 0 spiro atoms. The predicted molar refractivity (Wildman–Crippen MR) is 88.5 cm³/mol. The van der Waals surface area contributed by atoms with Crippen LogP contribution in [0.25, 0.3) is 0 Å². The van der Waals surface area contributed by atoms with Crippen molar-refractivity contribution in [2.75, 3.05) is 19.1 Å². The van der Waals surface area contributed by atoms with E-state index in [0.29, 0.717) is 23.8 Å². The maximum atomic E-state index is 10.6. The van der Waals surface area contributed by atoms with Gasteiger partial charge in [-0.25, -0.2) is 0 Å². The van der Waals surface area contributed by atoms with Crippen molar-refractivity contribution in [1.29, 1.82) is 0 Å². The average molecular weight is 315 g/mol. The normalized spacial score (nSPS) is 10.5. The molecule has 2 rings (SSSR count). The summed E-state index contributed by atoms with van der Waals surface area (Å²) in [7, 11) is 1.59. The second-order valence-corrected chi connectivity index (χ2v) is 4.52. The summed E-state index contributed by atoms with van der Waals surface area (Å²) < 4.78 is 10.7. The summed E-state index contributed by atoms with van der Waals surface area (Å²) in [6.45, 7) is 2.44. The SMILES string of the molecule is CCOc1cc(/C=N/Nc2ccc([N+](=O)[O-])cc2)ccc1OC. The number of nitro benzene ring substituents is 1. The van der Waals surface area contributed by atoms with E-state index < -0.39 is 4.92 Å². The molecule has 0 atom stereocenters. The van der Waals surface area contributed by atoms with Crippen LogP contribution < -0.4 is 14.9 Å². The van der Waals surface area contributed by atoms with Gasteiger partial charge < -0.3 is 9.47 Å². The summed E-state index contributed by atoms with van der Waals surface area (Å²) in [5, 5.41) is 14.7. The van der Waals surface area contributed by atoms with Crippen molar-refractivity contribution in [1.82, 2.24) is 0 Å². The molecule has 2 aromatic carbocycles. The van der Waals surface area contributed by atoms with Gasteiger partial charge in [0.05, 0.1) is 30.5 Å². The van der Waals surface area contributed by atoms with Crippen LogP contribution in [0.1, 0.15) is 12.5 Å². The first-order chi connectivity index (χ1) is 11.1. The standard InChI is InChI=1S/C16H17N3O4/c1-3-23-16-10-12(4-9-15(16)22-2)11-17-18-13-5-7-14(8-6-13)19(20)21/h4-11,18H,3H2,1-2H3/b17-11+. The Hall–Kier alpha value is -3.09. The molecule has 0 saturated heterocycles. The van der Waals surface area contributed by atoms with Crippen LogP contribution in [0.15, 0.2) is 47.6 Å². The van der Waals surface area contributed by atoms with Crippen molar-refractivity contribution in [3.05, 3.63) is 58.1 Å². The van der Waals surface area contributed by atoms with E-state index in [1.54, 1.807) is 31.5 Å². The quantitative estimate of drug-likeness (QED) is 0.480. The molecule has 0 aromatic heterocycles. The van der Waals surface area contributed by atoms with E-state index in [2.05, 4.69) is 10.5 Å². The van der Waals surface area contributed by atoms with Gasteiger partial charge in [0.1, 0.15) is 0 Å². The van der Waals surface area contributed by atoms with E-state index in [9.17, 15) is 10.1 Å². The number of anilines is 1. The highest BCUT2D eigenvalue weighted by Crippen LogP contribution is 2.27. The van der Waals surface area contributed by atoms with Crippen molar-refractivity contribution in [2.24, 2.45) is 5.10 Å². The van der Waals surface area contributed by atoms with Crippen molar-refractivity contribution < 1.29 is 14.4 Å². The van der Waals surface area contributed by atoms with Gasteiger partial charge in [0.25, 0.3) is 5.69 Å². The van der Waals surface area contributed by atoms with E-state index in [1.807, 2.05) is 19.1 Å². The fourth-order valence-corrected chi connectivity index (χ4v) is 1.88. The highest BCUT2D eigenvalue weighted by Gasteiger charge is 2.05. The van der Waals surface area contributed by atoms with Crippen molar-refractivity contribution >= 4 is 17.6 Å². The smallest absolute Gasteiger partial charge is 0.269 e. The highest BCUT2D eigenvalue weighted by molar-refractivity contribution is 5.81. The maximum absolute atomic E-state index is 10.6. The molecule has 7 nitrogen and oxygen atoms in total. The first-order valence-corrected chi connectivity index (χ1v) is 6.98. The Kier molecular flexibility index (Phi) is 5.51. The Labute approximate surface area is 133 Å². The van der Waals surface area contributed by atoms with Gasteiger partial charge in [-0.2, -0.15) is 5.10 Å². The molecule has 0 bridgehead atoms. The summed E-state index contributed by atoms with van der Waals surface area (Å²) in [6, 6.07) is 11.5. The van der Waals surface area contributed by atoms with Crippen LogP contribution in [0.2, 0.25) is 0 Å². The van der Waals surface area contributed by atoms with Gasteiger partial charge in [-0.15, -0.1) is 0 Å². The lowest BCUT2D eigenvalue weighted by Crippen LogP contribution is -1.97. The van der Waals surface area contributed by atoms with Gasteiger partial charge in [-0.3, -0.25) is 15.5 Å². The number of nitro groups is 1. The van der Waals surface area contributed by atoms with E-state index >= 15 is 0 Å². The number of nitrogens with zero attached hydrogens (tertiary/aromatic N) is 2. The Morgan fingerprint density at radius 1 is 1.22 bits per heavy atom. The van der Waals surface area contributed by atoms with Crippen LogP contribution >= 0.6 is 0 Å². The van der Waals surface area contributed by atoms with Gasteiger partial charge in [0.2, 0.25) is 0 Å². The van der Waals surface area contributed by atoms with E-state index in [1.165, 1.54) is 12.1 Å². The predicted octanol–water partition coefficient (Wildman–Crippen LogP) is 3.45. The summed E-state index contributed by atoms with van der Waals surface area (Å²) in [5.41, 5.74) is 4.35. The number of hydrogen-bond acceptors (Lipinski definition) is 6. The Morgan fingerprint density at radius 3 is 2.57 bits per heavy atom. The molecule has 120 valence electrons. The minimum absolute atomic E-state index is 0.0380. The second-order valence-electron chi connectivity index (χ2n) is 4.52. The van der Waals surface area contributed by atoms with Gasteiger partial charge >= 0.3 is 0 Å². The minimum atomic E-state index is -0.445. The summed E-state index contributed by atoms with van der Waals surface area (Å²) in [5.74, 6) is 1.31. The number of rotatable bonds is 7. The van der Waals surface area contributed by atoms with E-state index in [4.69, 9.17) is 9.47 Å². The highest BCUT2D eigenvalue weighted by atomic mass is 16.6. The fraction of sp³-hybridized carbons (Fsp3) is 0.188. The van der Waals surface area contributed by atoms with Crippen LogP contribution in [-0.4, -0.2) is 24.9 Å².